The number of benzene rings is 2. The van der Waals surface area contributed by atoms with E-state index in [-0.39, 0.29) is 17.9 Å². The molecular weight excluding hydrogens is 378 g/mol. The zero-order chi connectivity index (χ0) is 20.8. The molecule has 0 aliphatic carbocycles. The smallest absolute Gasteiger partial charge is 0.294 e. The Labute approximate surface area is 175 Å². The van der Waals surface area contributed by atoms with Gasteiger partial charge in [0.1, 0.15) is 0 Å². The number of carbonyl (C=O) groups excluding carboxylic acids is 2. The van der Waals surface area contributed by atoms with Crippen LogP contribution in [0.15, 0.2) is 59.2 Å². The van der Waals surface area contributed by atoms with Gasteiger partial charge in [-0.3, -0.25) is 9.59 Å². The van der Waals surface area contributed by atoms with Crippen LogP contribution in [0, 0.1) is 0 Å². The molecule has 1 aromatic heterocycles. The molecule has 0 spiro atoms. The number of carbonyl (C=O) groups is 2. The quantitative estimate of drug-likeness (QED) is 0.695. The van der Waals surface area contributed by atoms with Crippen molar-refractivity contribution in [1.82, 2.24) is 0 Å². The van der Waals surface area contributed by atoms with E-state index in [0.717, 1.165) is 41.2 Å². The van der Waals surface area contributed by atoms with Crippen LogP contribution in [0.5, 0.6) is 0 Å². The number of nitrogens with one attached hydrogen (secondary N) is 1. The highest BCUT2D eigenvalue weighted by Gasteiger charge is 2.35. The average molecular weight is 401 g/mol. The Morgan fingerprint density at radius 1 is 1.10 bits per heavy atom. The molecule has 0 fully saturated rings. The van der Waals surface area contributed by atoms with E-state index in [1.165, 1.54) is 11.8 Å². The van der Waals surface area contributed by atoms with E-state index in [1.54, 1.807) is 28.9 Å². The lowest BCUT2D eigenvalue weighted by Crippen LogP contribution is -2.51. The van der Waals surface area contributed by atoms with Crippen molar-refractivity contribution in [3.8, 4) is 11.1 Å². The van der Waals surface area contributed by atoms with Crippen molar-refractivity contribution in [2.45, 2.75) is 26.3 Å². The third-order valence-corrected chi connectivity index (χ3v) is 5.91. The van der Waals surface area contributed by atoms with Gasteiger partial charge in [-0.25, -0.2) is 0 Å². The lowest BCUT2D eigenvalue weighted by molar-refractivity contribution is -0.117. The van der Waals surface area contributed by atoms with Crippen LogP contribution in [0.3, 0.4) is 0 Å². The predicted octanol–water partition coefficient (Wildman–Crippen LogP) is 4.32. The third-order valence-electron chi connectivity index (χ3n) is 5.91. The van der Waals surface area contributed by atoms with E-state index in [0.29, 0.717) is 12.3 Å². The minimum atomic E-state index is -0.201. The molecule has 0 radical (unpaired) electrons. The molecule has 2 aromatic carbocycles. The largest absolute Gasteiger partial charge is 0.459 e. The lowest BCUT2D eigenvalue weighted by Gasteiger charge is -2.40. The van der Waals surface area contributed by atoms with E-state index in [4.69, 9.17) is 4.42 Å². The van der Waals surface area contributed by atoms with E-state index >= 15 is 0 Å². The Morgan fingerprint density at radius 2 is 1.97 bits per heavy atom. The molecule has 2 aliphatic heterocycles. The number of hydrogen-bond acceptors (Lipinski definition) is 4. The maximum Gasteiger partial charge on any atom is 0.294 e. The van der Waals surface area contributed by atoms with E-state index in [1.807, 2.05) is 31.2 Å². The first-order valence-corrected chi connectivity index (χ1v) is 10.2. The number of fused-ring (bicyclic) bond motifs is 2. The van der Waals surface area contributed by atoms with Crippen molar-refractivity contribution >= 4 is 28.9 Å². The molecule has 3 aromatic rings. The molecule has 2 amide bonds. The van der Waals surface area contributed by atoms with Gasteiger partial charge >= 0.3 is 0 Å². The van der Waals surface area contributed by atoms with Gasteiger partial charge in [0.05, 0.1) is 23.7 Å². The monoisotopic (exact) mass is 401 g/mol. The number of anilines is 3. The van der Waals surface area contributed by atoms with Crippen LogP contribution in [0.2, 0.25) is 0 Å². The first-order valence-electron chi connectivity index (χ1n) is 10.2. The zero-order valence-electron chi connectivity index (χ0n) is 17.0. The Balaban J connectivity index is 1.66. The van der Waals surface area contributed by atoms with Crippen molar-refractivity contribution in [3.05, 3.63) is 66.1 Å². The van der Waals surface area contributed by atoms with Crippen molar-refractivity contribution in [2.75, 3.05) is 28.2 Å². The second-order valence-electron chi connectivity index (χ2n) is 7.84. The standard InChI is InChI=1S/C24H23N3O3/c1-15-14-26(24(29)23-7-4-12-30-23)22-13-17(8-9-21(22)27(15)16(2)28)18-5-3-6-20-19(18)10-11-25-20/h3-9,12-13,15,25H,10-11,14H2,1-2H3/t15-/m0/s1. The Hall–Kier alpha value is -3.54. The second kappa shape index (κ2) is 7.06. The zero-order valence-corrected chi connectivity index (χ0v) is 17.0. The molecule has 6 nitrogen and oxygen atoms in total. The third kappa shape index (κ3) is 2.87. The summed E-state index contributed by atoms with van der Waals surface area (Å²) in [7, 11) is 0. The molecular formula is C24H23N3O3. The summed E-state index contributed by atoms with van der Waals surface area (Å²) < 4.78 is 5.37. The summed E-state index contributed by atoms with van der Waals surface area (Å²) in [5, 5.41) is 3.42. The van der Waals surface area contributed by atoms with Gasteiger partial charge in [-0.15, -0.1) is 0 Å². The highest BCUT2D eigenvalue weighted by molar-refractivity contribution is 6.10. The molecule has 3 heterocycles. The van der Waals surface area contributed by atoms with Crippen LogP contribution >= 0.6 is 0 Å². The predicted molar refractivity (Wildman–Crippen MR) is 117 cm³/mol. The van der Waals surface area contributed by atoms with Crippen molar-refractivity contribution in [1.29, 1.82) is 0 Å². The normalized spacial score (nSPS) is 17.3. The minimum Gasteiger partial charge on any atom is -0.459 e. The molecule has 1 atom stereocenters. The summed E-state index contributed by atoms with van der Waals surface area (Å²) in [6, 6.07) is 15.5. The van der Waals surface area contributed by atoms with E-state index in [2.05, 4.69) is 17.4 Å². The number of rotatable bonds is 2. The molecule has 0 saturated carbocycles. The fourth-order valence-corrected chi connectivity index (χ4v) is 4.61. The Kier molecular flexibility index (Phi) is 4.35. The SMILES string of the molecule is CC(=O)N1c2ccc(-c3cccc4c3CCN4)cc2N(C(=O)c2ccco2)C[C@@H]1C. The molecule has 0 bridgehead atoms. The Bertz CT molecular complexity index is 1140. The minimum absolute atomic E-state index is 0.0357. The molecule has 30 heavy (non-hydrogen) atoms. The van der Waals surface area contributed by atoms with Gasteiger partial charge in [0.25, 0.3) is 5.91 Å². The fraction of sp³-hybridized carbons (Fsp3) is 0.250. The van der Waals surface area contributed by atoms with E-state index in [9.17, 15) is 9.59 Å². The van der Waals surface area contributed by atoms with Gasteiger partial charge in [0.15, 0.2) is 5.76 Å². The van der Waals surface area contributed by atoms with Gasteiger partial charge in [-0.05, 0) is 60.4 Å². The molecule has 0 saturated heterocycles. The Morgan fingerprint density at radius 3 is 2.73 bits per heavy atom. The summed E-state index contributed by atoms with van der Waals surface area (Å²) in [6.07, 6.45) is 2.47. The number of furan rings is 1. The molecule has 1 N–H and O–H groups in total. The summed E-state index contributed by atoms with van der Waals surface area (Å²) >= 11 is 0. The molecule has 0 unspecified atom stereocenters. The molecule has 6 heteroatoms. The lowest BCUT2D eigenvalue weighted by atomic mass is 9.95. The highest BCUT2D eigenvalue weighted by atomic mass is 16.3. The average Bonchev–Trinajstić information content (AvgIpc) is 3.43. The van der Waals surface area contributed by atoms with Crippen molar-refractivity contribution in [3.63, 3.8) is 0 Å². The van der Waals surface area contributed by atoms with Crippen LogP contribution in [-0.2, 0) is 11.2 Å². The number of amides is 2. The van der Waals surface area contributed by atoms with Crippen LogP contribution in [0.1, 0.15) is 30.0 Å². The van der Waals surface area contributed by atoms with Crippen molar-refractivity contribution in [2.24, 2.45) is 0 Å². The number of hydrogen-bond donors (Lipinski definition) is 1. The highest BCUT2D eigenvalue weighted by Crippen LogP contribution is 2.41. The van der Waals surface area contributed by atoms with Crippen molar-refractivity contribution < 1.29 is 14.0 Å². The number of nitrogens with zero attached hydrogens (tertiary/aromatic N) is 2. The fourth-order valence-electron chi connectivity index (χ4n) is 4.61. The molecule has 5 rings (SSSR count). The molecule has 2 aliphatic rings. The van der Waals surface area contributed by atoms with Crippen LogP contribution in [-0.4, -0.2) is 30.9 Å². The summed E-state index contributed by atoms with van der Waals surface area (Å²) in [5.41, 5.74) is 6.10. The van der Waals surface area contributed by atoms with Gasteiger partial charge in [0, 0.05) is 25.7 Å². The molecule has 152 valence electrons. The second-order valence-corrected chi connectivity index (χ2v) is 7.84. The first-order chi connectivity index (χ1) is 14.5. The van der Waals surface area contributed by atoms with Gasteiger partial charge in [0.2, 0.25) is 5.91 Å². The van der Waals surface area contributed by atoms with Gasteiger partial charge in [-0.1, -0.05) is 18.2 Å². The maximum atomic E-state index is 13.2. The summed E-state index contributed by atoms with van der Waals surface area (Å²) in [5.74, 6) is 0.0550. The summed E-state index contributed by atoms with van der Waals surface area (Å²) in [6.45, 7) is 4.85. The first kappa shape index (κ1) is 18.5. The van der Waals surface area contributed by atoms with Crippen LogP contribution < -0.4 is 15.1 Å². The maximum absolute atomic E-state index is 13.2. The van der Waals surface area contributed by atoms with Crippen LogP contribution in [0.25, 0.3) is 11.1 Å². The van der Waals surface area contributed by atoms with Gasteiger partial charge < -0.3 is 19.5 Å². The van der Waals surface area contributed by atoms with E-state index < -0.39 is 0 Å². The van der Waals surface area contributed by atoms with Crippen LogP contribution in [0.4, 0.5) is 17.1 Å². The van der Waals surface area contributed by atoms with Gasteiger partial charge in [-0.2, -0.15) is 0 Å². The topological polar surface area (TPSA) is 65.8 Å². The summed E-state index contributed by atoms with van der Waals surface area (Å²) in [4.78, 5) is 29.1.